The maximum atomic E-state index is 14.0. The third-order valence-electron chi connectivity index (χ3n) is 16.0. The predicted molar refractivity (Wildman–Crippen MR) is 415 cm³/mol. The van der Waals surface area contributed by atoms with Crippen molar-refractivity contribution in [1.82, 2.24) is 19.9 Å². The minimum Gasteiger partial charge on any atom is -0.512 e. The third kappa shape index (κ3) is 16.2. The molecule has 21 nitrogen and oxygen atoms in total. The first-order chi connectivity index (χ1) is 51.4. The van der Waals surface area contributed by atoms with Crippen molar-refractivity contribution in [3.8, 4) is 23.0 Å². The molecule has 14 rings (SSSR count). The van der Waals surface area contributed by atoms with Gasteiger partial charge in [-0.3, -0.25) is 19.9 Å². The van der Waals surface area contributed by atoms with Crippen LogP contribution in [0, 0.1) is 25.7 Å². The van der Waals surface area contributed by atoms with E-state index in [9.17, 15) is 28.8 Å². The first-order valence-corrected chi connectivity index (χ1v) is 35.6. The Morgan fingerprint density at radius 3 is 0.917 bits per heavy atom. The number of fused-ring (bicyclic) bond motifs is 4. The molecule has 0 spiro atoms. The normalized spacial score (nSPS) is 10.8. The summed E-state index contributed by atoms with van der Waals surface area (Å²) in [6, 6.07) is 20.7. The number of methoxy groups -OCH3 is 2. The van der Waals surface area contributed by atoms with Crippen molar-refractivity contribution in [1.29, 1.82) is 5.26 Å². The largest absolute Gasteiger partial charge is 1.00 e. The van der Waals surface area contributed by atoms with E-state index in [1.807, 2.05) is 0 Å². The number of rotatable bonds is 10. The predicted octanol–water partition coefficient (Wildman–Crippen LogP) is 22.4. The van der Waals surface area contributed by atoms with E-state index < -0.39 is 35.8 Å². The maximum absolute atomic E-state index is 14.0. The fourth-order valence-electron chi connectivity index (χ4n) is 11.9. The van der Waals surface area contributed by atoms with Gasteiger partial charge in [-0.2, -0.15) is 19.2 Å². The number of halogens is 14. The molecule has 552 valence electrons. The summed E-state index contributed by atoms with van der Waals surface area (Å²) >= 11 is 82.0. The molecule has 0 saturated heterocycles. The molecule has 0 unspecified atom stereocenters. The number of carbonyl (C=O) groups excluding carboxylic acids is 10. The number of ether oxygens (including phenoxy) is 6. The third-order valence-corrected chi connectivity index (χ3v) is 20.3. The molecule has 0 radical (unpaired) electrons. The Morgan fingerprint density at radius 1 is 0.339 bits per heavy atom. The number of nitrogens with zero attached hydrogens (tertiary/aromatic N) is 5. The van der Waals surface area contributed by atoms with Crippen molar-refractivity contribution in [2.45, 2.75) is 13.8 Å². The van der Waals surface area contributed by atoms with E-state index in [1.165, 1.54) is 87.3 Å². The van der Waals surface area contributed by atoms with Crippen molar-refractivity contribution in [3.63, 3.8) is 0 Å². The van der Waals surface area contributed by atoms with Gasteiger partial charge < -0.3 is 40.3 Å². The minimum absolute atomic E-state index is 0. The van der Waals surface area contributed by atoms with E-state index >= 15 is 0 Å². The van der Waals surface area contributed by atoms with Crippen LogP contribution < -0.4 is 18.9 Å². The molecule has 109 heavy (non-hydrogen) atoms. The molecule has 4 heterocycles. The van der Waals surface area contributed by atoms with Crippen molar-refractivity contribution in [2.24, 2.45) is 0 Å². The van der Waals surface area contributed by atoms with Crippen LogP contribution >= 0.6 is 171 Å². The van der Waals surface area contributed by atoms with Crippen molar-refractivity contribution >= 4 is 306 Å². The molecule has 0 N–H and O–H groups in total. The van der Waals surface area contributed by atoms with E-state index in [0.717, 1.165) is 0 Å². The second kappa shape index (κ2) is 35.2. The van der Waals surface area contributed by atoms with E-state index in [4.69, 9.17) is 214 Å². The number of carbonyl (C=O) groups is 6. The first-order valence-electron chi connectivity index (χ1n) is 29.4. The second-order valence-electron chi connectivity index (χ2n) is 22.0. The molecular weight excluding hydrogens is 1850 g/mol. The number of pyridine rings is 4. The van der Waals surface area contributed by atoms with Crippen LogP contribution in [0.5, 0.6) is 23.0 Å². The molecule has 0 aliphatic carbocycles. The molecule has 0 bridgehead atoms. The molecule has 36 heteroatoms. The van der Waals surface area contributed by atoms with Crippen LogP contribution in [-0.2, 0) is 45.7 Å². The van der Waals surface area contributed by atoms with Crippen molar-refractivity contribution in [2.75, 3.05) is 14.2 Å². The SMILES string of the molecule is COC(=O)c1cnc2c3c(Br)cc(C(=O)Oc4c(Cl)cc(Cl)cc4Cl)c4c(C)cnc(c5c(Br)cc(C(=O)Oc6c(Cl)cc(Cl)cc6Cl)c1c25)c43.COC(=O)c1cnc2c3ccc(C(=O)Oc4c(Cl)cc(Cl)cc4Cl)c4c(C)cnc(c5ccc(C(=O)Oc6c(Cl)cc(Cl)cc6Cl)c1c52)c43.O=C=O.O=C=O.[C-]#N.[Cu+]. The molecule has 14 aromatic rings. The Morgan fingerprint density at radius 2 is 0.587 bits per heavy atom. The van der Waals surface area contributed by atoms with Gasteiger partial charge in [0.1, 0.15) is 0 Å². The van der Waals surface area contributed by atoms with Crippen LogP contribution in [0.4, 0.5) is 0 Å². The van der Waals surface area contributed by atoms with Crippen LogP contribution in [0.3, 0.4) is 0 Å². The van der Waals surface area contributed by atoms with E-state index in [1.54, 1.807) is 50.5 Å². The number of benzene rings is 10. The Balaban J connectivity index is 0.000000228. The first kappa shape index (κ1) is 84.4. The number of esters is 6. The summed E-state index contributed by atoms with van der Waals surface area (Å²) in [5, 5.41) is 13.1. The smallest absolute Gasteiger partial charge is 0.512 e. The van der Waals surface area contributed by atoms with Gasteiger partial charge in [0.25, 0.3) is 0 Å². The van der Waals surface area contributed by atoms with Crippen molar-refractivity contribution in [3.05, 3.63) is 230 Å². The summed E-state index contributed by atoms with van der Waals surface area (Å²) < 4.78 is 33.7. The van der Waals surface area contributed by atoms with Crippen LogP contribution in [0.2, 0.25) is 60.3 Å². The molecule has 0 saturated carbocycles. The Hall–Kier alpha value is -8.57. The molecule has 0 aliphatic rings. The molecule has 10 aromatic carbocycles. The van der Waals surface area contributed by atoms with Gasteiger partial charge in [0, 0.05) is 118 Å². The van der Waals surface area contributed by atoms with Crippen LogP contribution in [0.25, 0.3) is 86.7 Å². The van der Waals surface area contributed by atoms with Gasteiger partial charge in [0.15, 0.2) is 23.0 Å². The summed E-state index contributed by atoms with van der Waals surface area (Å²) in [6.45, 7) is 8.35. The van der Waals surface area contributed by atoms with Gasteiger partial charge in [-0.1, -0.05) is 183 Å². The van der Waals surface area contributed by atoms with Gasteiger partial charge in [-0.15, -0.1) is 0 Å². The zero-order valence-electron chi connectivity index (χ0n) is 54.3. The number of aromatic nitrogens is 4. The topological polar surface area (TPSA) is 301 Å². The quantitative estimate of drug-likeness (QED) is 0.0307. The van der Waals surface area contributed by atoms with Crippen LogP contribution in [-0.4, -0.2) is 82.3 Å². The molecule has 0 aliphatic heterocycles. The summed E-state index contributed by atoms with van der Waals surface area (Å²) in [6.07, 6.45) is 6.34. The van der Waals surface area contributed by atoms with Gasteiger partial charge in [0.2, 0.25) is 0 Å². The Kier molecular flexibility index (Phi) is 27.3. The molecular formula is C73H30Br2Cl12CuN5O16. The maximum Gasteiger partial charge on any atom is 1.00 e. The zero-order chi connectivity index (χ0) is 78.9. The summed E-state index contributed by atoms with van der Waals surface area (Å²) in [4.78, 5) is 133. The van der Waals surface area contributed by atoms with E-state index in [2.05, 4.69) is 36.8 Å². The molecule has 0 atom stereocenters. The van der Waals surface area contributed by atoms with Crippen molar-refractivity contribution < 1.29 is 93.4 Å². The van der Waals surface area contributed by atoms with Gasteiger partial charge >= 0.3 is 65.2 Å². The van der Waals surface area contributed by atoms with Crippen LogP contribution in [0.15, 0.2) is 119 Å². The molecule has 0 fully saturated rings. The Bertz CT molecular complexity index is 6200. The standard InChI is InChI=1S/C35H14Br2Cl6N2O6.C35H16Cl6N2O6.CN.2CO2.Cu/c1-11-9-44-29-26-18(37)8-15(35(48)51-32-21(42)5-13(39)6-22(32)43)24-16(33(46)49-2)10-45-30(28(24)26)25-17(36)7-14(23(11)27(25)29)34(47)50-31-19(40)3-12(38)4-20(31)41;1-13-11-42-29-17-4-6-19(35(46)49-32-23(40)9-15(37)10-24(32)41)26-20(33(44)47-2)12-43-30(28(17)26)16-3-5-18(25(13)27(16)29)34(45)48-31-21(38)7-14(36)8-22(31)39;1-2;2*2-1-3;/h3-10H,1-2H3;3-12H,1-2H3;;;;/q;;-1;;;+1. The van der Waals surface area contributed by atoms with E-state index in [-0.39, 0.29) is 157 Å². The fourth-order valence-corrected chi connectivity index (χ4v) is 16.7. The Labute approximate surface area is 698 Å². The molecule has 0 amide bonds. The van der Waals surface area contributed by atoms with Crippen LogP contribution in [0.1, 0.15) is 73.3 Å². The summed E-state index contributed by atoms with van der Waals surface area (Å²) in [5.74, 6) is -5.05. The number of aryl methyl sites for hydroxylation is 2. The monoisotopic (exact) mass is 1870 g/mol. The van der Waals surface area contributed by atoms with Gasteiger partial charge in [0.05, 0.1) is 110 Å². The van der Waals surface area contributed by atoms with E-state index in [0.29, 0.717) is 96.0 Å². The number of hydrogen-bond acceptors (Lipinski definition) is 21. The zero-order valence-corrected chi connectivity index (χ0v) is 67.4. The average Bonchev–Trinajstić information content (AvgIpc) is 0.707. The fraction of sp³-hybridized carbons (Fsp3) is 0.0548. The minimum atomic E-state index is -0.889. The molecule has 4 aromatic heterocycles. The second-order valence-corrected chi connectivity index (χ2v) is 28.7. The number of hydrogen-bond donors (Lipinski definition) is 0. The average molecular weight is 1880 g/mol. The summed E-state index contributed by atoms with van der Waals surface area (Å²) in [7, 11) is 2.43. The summed E-state index contributed by atoms with van der Waals surface area (Å²) in [5.41, 5.74) is 3.32. The van der Waals surface area contributed by atoms with Gasteiger partial charge in [-0.25, -0.2) is 28.8 Å². The van der Waals surface area contributed by atoms with Gasteiger partial charge in [-0.05, 0) is 97.8 Å².